The van der Waals surface area contributed by atoms with Crippen LogP contribution in [-0.2, 0) is 56.5 Å². The fourth-order valence-electron chi connectivity index (χ4n) is 27.0. The van der Waals surface area contributed by atoms with Crippen molar-refractivity contribution in [2.45, 2.75) is 291 Å². The highest BCUT2D eigenvalue weighted by atomic mass is 32.2. The summed E-state index contributed by atoms with van der Waals surface area (Å²) in [6, 6.07) is 27.4. The summed E-state index contributed by atoms with van der Waals surface area (Å²) >= 11 is 0. The van der Waals surface area contributed by atoms with E-state index in [1.807, 2.05) is 81.4 Å². The van der Waals surface area contributed by atoms with Gasteiger partial charge < -0.3 is 28.8 Å². The van der Waals surface area contributed by atoms with Gasteiger partial charge in [0.2, 0.25) is 10.0 Å². The van der Waals surface area contributed by atoms with Crippen molar-refractivity contribution in [1.82, 2.24) is 4.31 Å². The van der Waals surface area contributed by atoms with Gasteiger partial charge in [-0.15, -0.1) is 0 Å². The van der Waals surface area contributed by atoms with Gasteiger partial charge in [0.05, 0.1) is 62.0 Å². The van der Waals surface area contributed by atoms with Gasteiger partial charge in [-0.3, -0.25) is 9.59 Å². The molecule has 0 amide bonds. The maximum Gasteiger partial charge on any atom is 0.310 e. The number of allylic oxidation sites excluding steroid dienone is 2. The molecule has 3 aromatic rings. The molecule has 0 radical (unpaired) electrons. The Morgan fingerprint density at radius 3 is 1.42 bits per heavy atom. The molecule has 23 atom stereocenters. The number of hydrogen-bond donors (Lipinski definition) is 1. The summed E-state index contributed by atoms with van der Waals surface area (Å²) < 4.78 is 59.2. The fraction of sp³-hybridized carbons (Fsp3) is 0.750. The Hall–Kier alpha value is -4.17. The van der Waals surface area contributed by atoms with Crippen LogP contribution in [0.4, 0.5) is 0 Å². The van der Waals surface area contributed by atoms with Crippen LogP contribution in [0.3, 0.4) is 0 Å². The van der Waals surface area contributed by atoms with Crippen molar-refractivity contribution in [3.63, 3.8) is 0 Å². The number of nitrogens with zero attached hydrogens (tertiary/aromatic N) is 1. The highest BCUT2D eigenvalue weighted by molar-refractivity contribution is 7.89. The van der Waals surface area contributed by atoms with Crippen molar-refractivity contribution in [1.29, 1.82) is 0 Å². The lowest BCUT2D eigenvalue weighted by atomic mass is 9.34. The maximum atomic E-state index is 14.7. The van der Waals surface area contributed by atoms with Gasteiger partial charge in [0, 0.05) is 33.7 Å². The minimum Gasteiger partial charge on any atom is -0.461 e. The average Bonchev–Trinajstić information content (AvgIpc) is 1.00. The van der Waals surface area contributed by atoms with Crippen molar-refractivity contribution < 1.29 is 46.8 Å². The van der Waals surface area contributed by atoms with E-state index in [9.17, 15) is 23.1 Å². The van der Waals surface area contributed by atoms with Gasteiger partial charge in [0.25, 0.3) is 0 Å². The molecule has 1 N–H and O–H groups in total. The Morgan fingerprint density at radius 2 is 1.00 bits per heavy atom. The van der Waals surface area contributed by atoms with E-state index in [0.717, 1.165) is 133 Å². The van der Waals surface area contributed by atoms with Crippen molar-refractivity contribution in [2.24, 2.45) is 131 Å². The zero-order valence-electron chi connectivity index (χ0n) is 71.3. The Balaban J connectivity index is 0.000000167. The van der Waals surface area contributed by atoms with E-state index < -0.39 is 10.0 Å². The van der Waals surface area contributed by atoms with Gasteiger partial charge in [-0.05, 0) is 230 Å². The zero-order valence-corrected chi connectivity index (χ0v) is 72.1. The molecule has 108 heavy (non-hydrogen) atoms. The zero-order chi connectivity index (χ0) is 78.6. The van der Waals surface area contributed by atoms with Crippen LogP contribution in [0, 0.1) is 138 Å². The third kappa shape index (κ3) is 13.3. The molecule has 9 fully saturated rings. The van der Waals surface area contributed by atoms with E-state index in [4.69, 9.17) is 23.7 Å². The van der Waals surface area contributed by atoms with E-state index in [1.54, 1.807) is 27.6 Å². The lowest BCUT2D eigenvalue weighted by Crippen LogP contribution is -2.69. The molecule has 600 valence electrons. The lowest BCUT2D eigenvalue weighted by molar-refractivity contribution is -0.254. The number of sulfonamides is 1. The second kappa shape index (κ2) is 30.2. The van der Waals surface area contributed by atoms with Crippen LogP contribution >= 0.6 is 0 Å². The highest BCUT2D eigenvalue weighted by Crippen LogP contribution is 2.78. The normalized spacial score (nSPS) is 41.0. The summed E-state index contributed by atoms with van der Waals surface area (Å²) in [5.41, 5.74) is 5.83. The molecule has 6 saturated carbocycles. The molecule has 12 heteroatoms. The number of aliphatic hydroxyl groups excluding tert-OH is 1. The number of benzene rings is 3. The van der Waals surface area contributed by atoms with E-state index >= 15 is 0 Å². The molecule has 3 aromatic carbocycles. The third-order valence-corrected chi connectivity index (χ3v) is 37.3. The molecule has 4 bridgehead atoms. The summed E-state index contributed by atoms with van der Waals surface area (Å²) in [4.78, 5) is 29.6. The number of aryl methyl sites for hydroxylation is 1. The topological polar surface area (TPSA) is 138 Å². The first-order valence-electron chi connectivity index (χ1n) is 43.1. The standard InChI is InChI=1S/C45H70O4.C38H56O4.C13H19NO2S/c1-12-40(7,13-2)27-49-38-31(5)25-45-29-47-28-42(38,9)36(45)20-19-34-35(45)21-22-44(11)37(39(46)48-26-33-17-15-14-16-18-33)41(8,32(6)30(3)4)23-24-43(34,44)10;1-24(2)26(4)34(5)18-19-36(7)28-14-15-30-35(6)22-41-23-38(30,20-25(3)32(35)39)29(28)16-17-37(36,8)31(34)33(40)42-21-27-12-10-9-11-13-27;1-4-13(5-2)10-14(13)17(15,16)12-8-6-11(3)7-9-12/h14-18,21,30-32,34,36-38H,12-13,19-20,22-29H2,1-11H3;9-13,16,24-26,28,30-32,39H,14-15,17-23H2,1-8H3;6-9H,4-5,10H2,1-3H3/t31-,32-,34+,36+,37-,38+,41-,42-,43-,44+,45+;25-,26-,28+,30+,31-,32+,34-,35-,36-,37+,38+;/m11./s1. The van der Waals surface area contributed by atoms with Gasteiger partial charge in [0.15, 0.2) is 0 Å². The Kier molecular flexibility index (Phi) is 23.3. The number of hydrogen-bond acceptors (Lipinski definition) is 10. The number of fused-ring (bicyclic) bond motifs is 6. The molecule has 3 saturated heterocycles. The molecule has 8 aliphatic carbocycles. The number of rotatable bonds is 19. The summed E-state index contributed by atoms with van der Waals surface area (Å²) in [7, 11) is -3.28. The summed E-state index contributed by atoms with van der Waals surface area (Å²) in [6.45, 7) is 56.8. The first-order valence-corrected chi connectivity index (χ1v) is 44.6. The molecule has 11 aliphatic rings. The largest absolute Gasteiger partial charge is 0.461 e. The van der Waals surface area contributed by atoms with Crippen molar-refractivity contribution >= 4 is 22.0 Å². The van der Waals surface area contributed by atoms with Gasteiger partial charge in [-0.2, -0.15) is 4.31 Å². The van der Waals surface area contributed by atoms with Crippen LogP contribution in [0.1, 0.15) is 265 Å². The number of aliphatic hydroxyl groups is 1. The fourth-order valence-corrected chi connectivity index (χ4v) is 28.9. The van der Waals surface area contributed by atoms with Crippen LogP contribution in [-0.4, -0.2) is 87.1 Å². The van der Waals surface area contributed by atoms with Crippen LogP contribution in [0.2, 0.25) is 0 Å². The second-order valence-electron chi connectivity index (χ2n) is 41.0. The summed E-state index contributed by atoms with van der Waals surface area (Å²) in [5.74, 6) is 4.15. The molecule has 3 aliphatic heterocycles. The number of esters is 2. The quantitative estimate of drug-likeness (QED) is 0.0701. The molecular formula is C96H145NO10S. The van der Waals surface area contributed by atoms with E-state index in [2.05, 4.69) is 156 Å². The molecule has 11 nitrogen and oxygen atoms in total. The SMILES string of the molecule is CC(C)[C@@H](C)[C@@]1(C)CC[C@]2(C)[C@H]3CC[C@@H]4[C@@]5(COC[C@@]4(C)[C@@H](O)[C@H](C)C5)C3=CC[C@@]2(C)[C@@H]1C(=O)OCc1ccccc1.CCC(C)(CC)CO[C@H]1[C@H](C)C[C@@]23COC[C@]1(C)[C@@H]2CC[C@H]1C3=CC[C@@]2(C)[C@H](C(=O)OCc3ccccc3)[C@@](C)([C@H](C)C(C)C)CC[C@]12C.CCC1(CC)CN1S(=O)(=O)c1ccc(C)cc1. The van der Waals surface area contributed by atoms with Gasteiger partial charge >= 0.3 is 11.9 Å². The van der Waals surface area contributed by atoms with E-state index in [-0.39, 0.29) is 107 Å². The Bertz CT molecular complexity index is 3860. The van der Waals surface area contributed by atoms with Crippen molar-refractivity contribution in [3.8, 4) is 0 Å². The number of ether oxygens (including phenoxy) is 5. The minimum absolute atomic E-state index is 0.00338. The van der Waals surface area contributed by atoms with Crippen LogP contribution in [0.5, 0.6) is 0 Å². The molecule has 0 spiro atoms. The van der Waals surface area contributed by atoms with Gasteiger partial charge in [-0.25, -0.2) is 8.42 Å². The van der Waals surface area contributed by atoms with Crippen LogP contribution in [0.15, 0.2) is 113 Å². The molecule has 14 rings (SSSR count). The maximum absolute atomic E-state index is 14.7. The van der Waals surface area contributed by atoms with Gasteiger partial charge in [0.1, 0.15) is 13.2 Å². The molecule has 3 heterocycles. The highest BCUT2D eigenvalue weighted by Gasteiger charge is 2.74. The summed E-state index contributed by atoms with van der Waals surface area (Å²) in [6.07, 6.45) is 22.3. The van der Waals surface area contributed by atoms with Crippen LogP contribution in [0.25, 0.3) is 0 Å². The number of carbonyl (C=O) groups is 2. The molecular weight excluding hydrogens is 1360 g/mol. The molecule has 0 aromatic heterocycles. The predicted octanol–water partition coefficient (Wildman–Crippen LogP) is 21.9. The third-order valence-electron chi connectivity index (χ3n) is 35.3. The minimum atomic E-state index is -3.28. The predicted molar refractivity (Wildman–Crippen MR) is 435 cm³/mol. The number of carbonyl (C=O) groups excluding carboxylic acids is 2. The van der Waals surface area contributed by atoms with Crippen molar-refractivity contribution in [3.05, 3.63) is 125 Å². The lowest BCUT2D eigenvalue weighted by Gasteiger charge is -2.71. The summed E-state index contributed by atoms with van der Waals surface area (Å²) in [5, 5.41) is 11.4. The smallest absolute Gasteiger partial charge is 0.310 e. The monoisotopic (exact) mass is 1500 g/mol. The van der Waals surface area contributed by atoms with E-state index in [0.29, 0.717) is 84.5 Å². The Labute approximate surface area is 655 Å². The van der Waals surface area contributed by atoms with Gasteiger partial charge in [-0.1, -0.05) is 247 Å². The second-order valence-corrected chi connectivity index (χ2v) is 42.9. The first kappa shape index (κ1) is 83.3. The van der Waals surface area contributed by atoms with E-state index in [1.165, 1.54) is 12.8 Å². The van der Waals surface area contributed by atoms with Crippen LogP contribution < -0.4 is 0 Å². The molecule has 1 unspecified atom stereocenters. The average molecular weight is 1510 g/mol. The Morgan fingerprint density at radius 1 is 0.574 bits per heavy atom. The first-order chi connectivity index (χ1) is 50.8. The van der Waals surface area contributed by atoms with Crippen molar-refractivity contribution in [2.75, 3.05) is 39.6 Å².